The lowest BCUT2D eigenvalue weighted by atomic mass is 9.95. The van der Waals surface area contributed by atoms with Crippen LogP contribution in [0.4, 0.5) is 0 Å². The van der Waals surface area contributed by atoms with Crippen LogP contribution in [-0.4, -0.2) is 11.2 Å². The van der Waals surface area contributed by atoms with Crippen LogP contribution >= 0.6 is 0 Å². The largest absolute Gasteiger partial charge is 0.392 e. The van der Waals surface area contributed by atoms with Gasteiger partial charge in [0, 0.05) is 11.5 Å². The molecule has 80 valence electrons. The van der Waals surface area contributed by atoms with Crippen LogP contribution < -0.4 is 0 Å². The van der Waals surface area contributed by atoms with E-state index in [4.69, 9.17) is 0 Å². The van der Waals surface area contributed by atoms with E-state index in [2.05, 4.69) is 11.8 Å². The topological polar surface area (TPSA) is 20.2 Å². The number of aliphatic hydroxyl groups is 1. The van der Waals surface area contributed by atoms with E-state index in [0.29, 0.717) is 0 Å². The second kappa shape index (κ2) is 5.58. The second-order valence-corrected chi connectivity index (χ2v) is 4.16. The molecular formula is C14H18O. The van der Waals surface area contributed by atoms with Crippen molar-refractivity contribution in [1.82, 2.24) is 0 Å². The van der Waals surface area contributed by atoms with E-state index < -0.39 is 0 Å². The lowest BCUT2D eigenvalue weighted by Crippen LogP contribution is -2.22. The van der Waals surface area contributed by atoms with Crippen molar-refractivity contribution >= 4 is 0 Å². The molecule has 0 aromatic heterocycles. The molecule has 2 atom stereocenters. The molecule has 0 aliphatic carbocycles. The first-order valence-corrected chi connectivity index (χ1v) is 5.36. The molecule has 0 unspecified atom stereocenters. The SMILES string of the molecule is CC(C)[C@@H](O)[C@H](C)C#Cc1ccccc1. The third-order valence-electron chi connectivity index (χ3n) is 2.41. The van der Waals surface area contributed by atoms with E-state index in [0.717, 1.165) is 5.56 Å². The molecule has 0 fully saturated rings. The molecule has 1 nitrogen and oxygen atoms in total. The van der Waals surface area contributed by atoms with Crippen molar-refractivity contribution in [2.24, 2.45) is 11.8 Å². The third-order valence-corrected chi connectivity index (χ3v) is 2.41. The van der Waals surface area contributed by atoms with Gasteiger partial charge in [0.15, 0.2) is 0 Å². The summed E-state index contributed by atoms with van der Waals surface area (Å²) >= 11 is 0. The summed E-state index contributed by atoms with van der Waals surface area (Å²) in [5.74, 6) is 6.42. The van der Waals surface area contributed by atoms with Gasteiger partial charge in [-0.1, -0.05) is 43.9 Å². The van der Waals surface area contributed by atoms with Crippen molar-refractivity contribution in [2.45, 2.75) is 26.9 Å². The molecule has 1 heteroatoms. The molecule has 0 bridgehead atoms. The number of benzene rings is 1. The lowest BCUT2D eigenvalue weighted by molar-refractivity contribution is 0.0946. The molecule has 1 rings (SSSR count). The lowest BCUT2D eigenvalue weighted by Gasteiger charge is -2.17. The summed E-state index contributed by atoms with van der Waals surface area (Å²) in [5, 5.41) is 9.77. The Morgan fingerprint density at radius 1 is 1.07 bits per heavy atom. The highest BCUT2D eigenvalue weighted by atomic mass is 16.3. The van der Waals surface area contributed by atoms with Crippen molar-refractivity contribution in [1.29, 1.82) is 0 Å². The summed E-state index contributed by atoms with van der Waals surface area (Å²) in [6.07, 6.45) is -0.346. The predicted molar refractivity (Wildman–Crippen MR) is 63.3 cm³/mol. The molecule has 1 aromatic rings. The van der Waals surface area contributed by atoms with Crippen LogP contribution in [0, 0.1) is 23.7 Å². The summed E-state index contributed by atoms with van der Waals surface area (Å²) < 4.78 is 0. The number of hydrogen-bond acceptors (Lipinski definition) is 1. The summed E-state index contributed by atoms with van der Waals surface area (Å²) in [4.78, 5) is 0. The highest BCUT2D eigenvalue weighted by molar-refractivity contribution is 5.34. The molecule has 0 spiro atoms. The van der Waals surface area contributed by atoms with E-state index in [1.807, 2.05) is 51.1 Å². The fourth-order valence-electron chi connectivity index (χ4n) is 1.38. The maximum atomic E-state index is 9.77. The fraction of sp³-hybridized carbons (Fsp3) is 0.429. The monoisotopic (exact) mass is 202 g/mol. The Morgan fingerprint density at radius 3 is 2.20 bits per heavy atom. The van der Waals surface area contributed by atoms with Crippen molar-refractivity contribution in [2.75, 3.05) is 0 Å². The first-order chi connectivity index (χ1) is 7.11. The van der Waals surface area contributed by atoms with Gasteiger partial charge in [-0.2, -0.15) is 0 Å². The minimum Gasteiger partial charge on any atom is -0.392 e. The van der Waals surface area contributed by atoms with E-state index in [-0.39, 0.29) is 17.9 Å². The Hall–Kier alpha value is -1.26. The van der Waals surface area contributed by atoms with Crippen LogP contribution in [0.3, 0.4) is 0 Å². The number of hydrogen-bond donors (Lipinski definition) is 1. The van der Waals surface area contributed by atoms with E-state index in [1.165, 1.54) is 0 Å². The van der Waals surface area contributed by atoms with Gasteiger partial charge in [0.1, 0.15) is 0 Å². The van der Waals surface area contributed by atoms with Crippen LogP contribution in [0.25, 0.3) is 0 Å². The summed E-state index contributed by atoms with van der Waals surface area (Å²) in [6.45, 7) is 5.97. The van der Waals surface area contributed by atoms with Crippen LogP contribution in [-0.2, 0) is 0 Å². The maximum absolute atomic E-state index is 9.77. The minimum absolute atomic E-state index is 0.0187. The minimum atomic E-state index is -0.346. The normalized spacial score (nSPS) is 14.2. The van der Waals surface area contributed by atoms with Gasteiger partial charge in [0.25, 0.3) is 0 Å². The third kappa shape index (κ3) is 3.77. The molecule has 0 heterocycles. The standard InChI is InChI=1S/C14H18O/c1-11(2)14(15)12(3)9-10-13-7-5-4-6-8-13/h4-8,11-12,14-15H,1-3H3/t12-,14-/m1/s1. The van der Waals surface area contributed by atoms with Gasteiger partial charge in [-0.15, -0.1) is 0 Å². The van der Waals surface area contributed by atoms with E-state index >= 15 is 0 Å². The Kier molecular flexibility index (Phi) is 4.39. The first kappa shape index (κ1) is 11.8. The van der Waals surface area contributed by atoms with Crippen LogP contribution in [0.2, 0.25) is 0 Å². The van der Waals surface area contributed by atoms with Crippen molar-refractivity contribution in [3.05, 3.63) is 35.9 Å². The molecule has 15 heavy (non-hydrogen) atoms. The zero-order chi connectivity index (χ0) is 11.3. The van der Waals surface area contributed by atoms with Crippen LogP contribution in [0.15, 0.2) is 30.3 Å². The van der Waals surface area contributed by atoms with Crippen LogP contribution in [0.1, 0.15) is 26.3 Å². The quantitative estimate of drug-likeness (QED) is 0.731. The fourth-order valence-corrected chi connectivity index (χ4v) is 1.38. The molecule has 0 radical (unpaired) electrons. The molecule has 0 saturated carbocycles. The Labute approximate surface area is 92.1 Å². The van der Waals surface area contributed by atoms with E-state index in [9.17, 15) is 5.11 Å². The Morgan fingerprint density at radius 2 is 1.67 bits per heavy atom. The van der Waals surface area contributed by atoms with Gasteiger partial charge in [0.05, 0.1) is 6.10 Å². The molecule has 0 saturated heterocycles. The Balaban J connectivity index is 2.66. The van der Waals surface area contributed by atoms with Crippen molar-refractivity contribution < 1.29 is 5.11 Å². The molecule has 0 amide bonds. The second-order valence-electron chi connectivity index (χ2n) is 4.16. The molecular weight excluding hydrogens is 184 g/mol. The number of rotatable bonds is 2. The van der Waals surface area contributed by atoms with Gasteiger partial charge < -0.3 is 5.11 Å². The van der Waals surface area contributed by atoms with Crippen molar-refractivity contribution in [3.63, 3.8) is 0 Å². The predicted octanol–water partition coefficient (Wildman–Crippen LogP) is 2.69. The smallest absolute Gasteiger partial charge is 0.0697 e. The van der Waals surface area contributed by atoms with Gasteiger partial charge in [-0.3, -0.25) is 0 Å². The highest BCUT2D eigenvalue weighted by Crippen LogP contribution is 2.11. The van der Waals surface area contributed by atoms with Crippen LogP contribution in [0.5, 0.6) is 0 Å². The van der Waals surface area contributed by atoms with Crippen molar-refractivity contribution in [3.8, 4) is 11.8 Å². The molecule has 1 N–H and O–H groups in total. The molecule has 0 aliphatic rings. The zero-order valence-electron chi connectivity index (χ0n) is 9.57. The van der Waals surface area contributed by atoms with Gasteiger partial charge >= 0.3 is 0 Å². The summed E-state index contributed by atoms with van der Waals surface area (Å²) in [5.41, 5.74) is 1.00. The molecule has 0 aliphatic heterocycles. The maximum Gasteiger partial charge on any atom is 0.0697 e. The summed E-state index contributed by atoms with van der Waals surface area (Å²) in [7, 11) is 0. The highest BCUT2D eigenvalue weighted by Gasteiger charge is 2.15. The number of aliphatic hydroxyl groups excluding tert-OH is 1. The average Bonchev–Trinajstić information content (AvgIpc) is 2.26. The first-order valence-electron chi connectivity index (χ1n) is 5.36. The van der Waals surface area contributed by atoms with Gasteiger partial charge in [-0.05, 0) is 25.0 Å². The zero-order valence-corrected chi connectivity index (χ0v) is 9.57. The molecule has 1 aromatic carbocycles. The average molecular weight is 202 g/mol. The van der Waals surface area contributed by atoms with E-state index in [1.54, 1.807) is 0 Å². The van der Waals surface area contributed by atoms with Gasteiger partial charge in [-0.25, -0.2) is 0 Å². The Bertz CT molecular complexity index is 343. The summed E-state index contributed by atoms with van der Waals surface area (Å²) in [6, 6.07) is 9.85. The van der Waals surface area contributed by atoms with Gasteiger partial charge in [0.2, 0.25) is 0 Å².